The van der Waals surface area contributed by atoms with E-state index >= 15 is 0 Å². The number of rotatable bonds is 8. The normalized spacial score (nSPS) is 11.9. The molecule has 1 unspecified atom stereocenters. The highest BCUT2D eigenvalue weighted by Gasteiger charge is 2.23. The number of carboxylic acids is 1. The van der Waals surface area contributed by atoms with E-state index in [1.54, 1.807) is 4.68 Å². The lowest BCUT2D eigenvalue weighted by Crippen LogP contribution is -2.40. The van der Waals surface area contributed by atoms with E-state index in [1.165, 1.54) is 13.3 Å². The highest BCUT2D eigenvalue weighted by atomic mass is 16.5. The number of carbonyl (C=O) groups excluding carboxylic acids is 1. The van der Waals surface area contributed by atoms with E-state index in [2.05, 4.69) is 10.4 Å². The van der Waals surface area contributed by atoms with E-state index in [0.29, 0.717) is 24.1 Å². The Kier molecular flexibility index (Phi) is 6.08. The number of carbonyl (C=O) groups is 2. The summed E-state index contributed by atoms with van der Waals surface area (Å²) in [6.07, 6.45) is 2.46. The number of ether oxygens (including phenoxy) is 1. The summed E-state index contributed by atoms with van der Waals surface area (Å²) < 4.78 is 6.80. The van der Waals surface area contributed by atoms with Crippen molar-refractivity contribution in [1.82, 2.24) is 15.1 Å². The third-order valence-corrected chi connectivity index (χ3v) is 3.58. The smallest absolute Gasteiger partial charge is 0.326 e. The van der Waals surface area contributed by atoms with Crippen LogP contribution >= 0.6 is 0 Å². The van der Waals surface area contributed by atoms with Crippen LogP contribution in [-0.4, -0.2) is 39.9 Å². The average molecular weight is 331 g/mol. The van der Waals surface area contributed by atoms with Gasteiger partial charge in [0.15, 0.2) is 0 Å². The lowest BCUT2D eigenvalue weighted by molar-refractivity contribution is -0.139. The number of hydrogen-bond acceptors (Lipinski definition) is 4. The molecule has 2 rings (SSSR count). The number of para-hydroxylation sites is 1. The monoisotopic (exact) mass is 331 g/mol. The summed E-state index contributed by atoms with van der Waals surface area (Å²) >= 11 is 0. The van der Waals surface area contributed by atoms with Crippen molar-refractivity contribution in [2.24, 2.45) is 0 Å². The molecule has 0 saturated carbocycles. The van der Waals surface area contributed by atoms with Gasteiger partial charge in [0, 0.05) is 7.11 Å². The van der Waals surface area contributed by atoms with Gasteiger partial charge in [0.05, 0.1) is 29.7 Å². The minimum atomic E-state index is -1.05. The van der Waals surface area contributed by atoms with Crippen molar-refractivity contribution < 1.29 is 19.4 Å². The van der Waals surface area contributed by atoms with Crippen LogP contribution in [0.4, 0.5) is 0 Å². The first kappa shape index (κ1) is 17.7. The topological polar surface area (TPSA) is 93.5 Å². The van der Waals surface area contributed by atoms with E-state index in [9.17, 15) is 14.7 Å². The first-order valence-electron chi connectivity index (χ1n) is 7.73. The average Bonchev–Trinajstić information content (AvgIpc) is 2.99. The van der Waals surface area contributed by atoms with Gasteiger partial charge in [0.2, 0.25) is 0 Å². The number of aromatic nitrogens is 2. The lowest BCUT2D eigenvalue weighted by atomic mass is 10.1. The Balaban J connectivity index is 2.31. The molecule has 0 spiro atoms. The van der Waals surface area contributed by atoms with Crippen LogP contribution in [0, 0.1) is 0 Å². The lowest BCUT2D eigenvalue weighted by Gasteiger charge is -2.14. The van der Waals surface area contributed by atoms with Gasteiger partial charge in [0.25, 0.3) is 5.91 Å². The molecule has 0 aliphatic heterocycles. The minimum absolute atomic E-state index is 0.184. The van der Waals surface area contributed by atoms with Gasteiger partial charge in [0.1, 0.15) is 6.04 Å². The molecule has 0 radical (unpaired) electrons. The van der Waals surface area contributed by atoms with Crippen molar-refractivity contribution in [2.75, 3.05) is 7.11 Å². The van der Waals surface area contributed by atoms with Crippen LogP contribution in [0.15, 0.2) is 36.5 Å². The van der Waals surface area contributed by atoms with Crippen LogP contribution in [0.25, 0.3) is 5.69 Å². The Morgan fingerprint density at radius 2 is 2.04 bits per heavy atom. The fraction of sp³-hybridized carbons (Fsp3) is 0.353. The second kappa shape index (κ2) is 8.26. The van der Waals surface area contributed by atoms with E-state index < -0.39 is 17.9 Å². The summed E-state index contributed by atoms with van der Waals surface area (Å²) in [6, 6.07) is 8.44. The first-order valence-corrected chi connectivity index (χ1v) is 7.73. The standard InChI is InChI=1S/C17H21N3O4/c1-3-7-14(17(22)23)19-16(21)13-10-18-20(15(13)11-24-2)12-8-5-4-6-9-12/h4-6,8-10,14H,3,7,11H2,1-2H3,(H,19,21)(H,22,23). The van der Waals surface area contributed by atoms with Crippen LogP contribution < -0.4 is 5.32 Å². The van der Waals surface area contributed by atoms with Gasteiger partial charge in [-0.25, -0.2) is 9.48 Å². The second-order valence-corrected chi connectivity index (χ2v) is 5.34. The van der Waals surface area contributed by atoms with Crippen LogP contribution in [-0.2, 0) is 16.1 Å². The molecule has 1 atom stereocenters. The Hall–Kier alpha value is -2.67. The highest BCUT2D eigenvalue weighted by molar-refractivity contribution is 5.97. The molecule has 2 aromatic rings. The van der Waals surface area contributed by atoms with Crippen LogP contribution in [0.3, 0.4) is 0 Å². The van der Waals surface area contributed by atoms with Crippen molar-refractivity contribution in [2.45, 2.75) is 32.4 Å². The van der Waals surface area contributed by atoms with Crippen LogP contribution in [0.5, 0.6) is 0 Å². The maximum Gasteiger partial charge on any atom is 0.326 e. The molecular weight excluding hydrogens is 310 g/mol. The molecule has 7 heteroatoms. The third-order valence-electron chi connectivity index (χ3n) is 3.58. The second-order valence-electron chi connectivity index (χ2n) is 5.34. The van der Waals surface area contributed by atoms with Gasteiger partial charge in [-0.1, -0.05) is 31.5 Å². The summed E-state index contributed by atoms with van der Waals surface area (Å²) in [7, 11) is 1.53. The van der Waals surface area contributed by atoms with E-state index in [0.717, 1.165) is 5.69 Å². The SMILES string of the molecule is CCCC(NC(=O)c1cnn(-c2ccccc2)c1COC)C(=O)O. The highest BCUT2D eigenvalue weighted by Crippen LogP contribution is 2.16. The Bertz CT molecular complexity index is 697. The number of carboxylic acid groups (broad SMARTS) is 1. The molecule has 0 aliphatic rings. The fourth-order valence-electron chi connectivity index (χ4n) is 2.41. The van der Waals surface area contributed by atoms with Crippen LogP contribution in [0.1, 0.15) is 35.8 Å². The molecule has 24 heavy (non-hydrogen) atoms. The molecule has 2 N–H and O–H groups in total. The largest absolute Gasteiger partial charge is 0.480 e. The zero-order chi connectivity index (χ0) is 17.5. The number of nitrogens with one attached hydrogen (secondary N) is 1. The van der Waals surface area contributed by atoms with Gasteiger partial charge < -0.3 is 15.2 Å². The van der Waals surface area contributed by atoms with Crippen molar-refractivity contribution in [3.05, 3.63) is 47.8 Å². The molecular formula is C17H21N3O4. The number of nitrogens with zero attached hydrogens (tertiary/aromatic N) is 2. The Morgan fingerprint density at radius 1 is 1.33 bits per heavy atom. The minimum Gasteiger partial charge on any atom is -0.480 e. The number of amides is 1. The number of benzene rings is 1. The van der Waals surface area contributed by atoms with Gasteiger partial charge >= 0.3 is 5.97 Å². The summed E-state index contributed by atoms with van der Waals surface area (Å²) in [4.78, 5) is 23.7. The summed E-state index contributed by atoms with van der Waals surface area (Å²) in [5, 5.41) is 16.0. The third kappa shape index (κ3) is 3.99. The molecule has 1 heterocycles. The van der Waals surface area contributed by atoms with Gasteiger partial charge in [-0.2, -0.15) is 5.10 Å². The van der Waals surface area contributed by atoms with Gasteiger partial charge in [-0.05, 0) is 18.6 Å². The zero-order valence-corrected chi connectivity index (χ0v) is 13.7. The molecule has 0 saturated heterocycles. The molecule has 0 aliphatic carbocycles. The molecule has 7 nitrogen and oxygen atoms in total. The van der Waals surface area contributed by atoms with Crippen molar-refractivity contribution in [3.63, 3.8) is 0 Å². The summed E-state index contributed by atoms with van der Waals surface area (Å²) in [5.74, 6) is -1.51. The van der Waals surface area contributed by atoms with Gasteiger partial charge in [-0.3, -0.25) is 4.79 Å². The molecule has 0 fully saturated rings. The molecule has 128 valence electrons. The van der Waals surface area contributed by atoms with Gasteiger partial charge in [-0.15, -0.1) is 0 Å². The predicted octanol–water partition coefficient (Wildman–Crippen LogP) is 2.00. The van der Waals surface area contributed by atoms with Crippen molar-refractivity contribution in [1.29, 1.82) is 0 Å². The number of aliphatic carboxylic acids is 1. The van der Waals surface area contributed by atoms with E-state index in [1.807, 2.05) is 37.3 Å². The Morgan fingerprint density at radius 3 is 2.62 bits per heavy atom. The Labute approximate surface area is 140 Å². The number of hydrogen-bond donors (Lipinski definition) is 2. The first-order chi connectivity index (χ1) is 11.6. The maximum absolute atomic E-state index is 12.5. The predicted molar refractivity (Wildman–Crippen MR) is 88.1 cm³/mol. The molecule has 1 aromatic heterocycles. The maximum atomic E-state index is 12.5. The van der Waals surface area contributed by atoms with Crippen molar-refractivity contribution >= 4 is 11.9 Å². The quantitative estimate of drug-likeness (QED) is 0.772. The summed E-state index contributed by atoms with van der Waals surface area (Å²) in [6.45, 7) is 2.05. The van der Waals surface area contributed by atoms with E-state index in [4.69, 9.17) is 4.74 Å². The van der Waals surface area contributed by atoms with E-state index in [-0.39, 0.29) is 6.61 Å². The summed E-state index contributed by atoms with van der Waals surface area (Å²) in [5.41, 5.74) is 1.68. The fourth-order valence-corrected chi connectivity index (χ4v) is 2.41. The molecule has 1 aromatic carbocycles. The number of methoxy groups -OCH3 is 1. The molecule has 0 bridgehead atoms. The van der Waals surface area contributed by atoms with Crippen molar-refractivity contribution in [3.8, 4) is 5.69 Å². The van der Waals surface area contributed by atoms with Crippen LogP contribution in [0.2, 0.25) is 0 Å². The zero-order valence-electron chi connectivity index (χ0n) is 13.7. The molecule has 1 amide bonds.